The lowest BCUT2D eigenvalue weighted by Gasteiger charge is -2.11. The van der Waals surface area contributed by atoms with Crippen LogP contribution >= 0.6 is 11.8 Å². The molecular formula is C8H13NO3S. The fourth-order valence-corrected chi connectivity index (χ4v) is 1.73. The minimum absolute atomic E-state index is 0.184. The Morgan fingerprint density at radius 1 is 1.54 bits per heavy atom. The monoisotopic (exact) mass is 203 g/mol. The van der Waals surface area contributed by atoms with Crippen LogP contribution in [0.3, 0.4) is 0 Å². The molecule has 0 bridgehead atoms. The maximum Gasteiger partial charge on any atom is 0.396 e. The molecule has 13 heavy (non-hydrogen) atoms. The average Bonchev–Trinajstić information content (AvgIpc) is 2.93. The van der Waals surface area contributed by atoms with Crippen molar-refractivity contribution in [3.63, 3.8) is 0 Å². The van der Waals surface area contributed by atoms with Crippen LogP contribution in [0.15, 0.2) is 0 Å². The van der Waals surface area contributed by atoms with Crippen LogP contribution in [-0.2, 0) is 14.3 Å². The van der Waals surface area contributed by atoms with Gasteiger partial charge in [-0.1, -0.05) is 0 Å². The molecule has 0 aromatic carbocycles. The number of carbonyl (C=O) groups is 2. The highest BCUT2D eigenvalue weighted by molar-refractivity contribution is 8.00. The first-order chi connectivity index (χ1) is 6.13. The fourth-order valence-electron chi connectivity index (χ4n) is 0.999. The van der Waals surface area contributed by atoms with E-state index in [0.29, 0.717) is 6.54 Å². The Morgan fingerprint density at radius 2 is 2.15 bits per heavy atom. The van der Waals surface area contributed by atoms with Crippen molar-refractivity contribution in [1.29, 1.82) is 0 Å². The van der Waals surface area contributed by atoms with Crippen LogP contribution in [0.25, 0.3) is 0 Å². The zero-order valence-corrected chi connectivity index (χ0v) is 8.57. The Labute approximate surface area is 81.4 Å². The number of esters is 1. The van der Waals surface area contributed by atoms with Gasteiger partial charge >= 0.3 is 11.9 Å². The van der Waals surface area contributed by atoms with Crippen molar-refractivity contribution in [2.75, 3.05) is 19.9 Å². The molecule has 0 heterocycles. The van der Waals surface area contributed by atoms with Crippen LogP contribution < -0.4 is 5.32 Å². The molecule has 1 N–H and O–H groups in total. The smallest absolute Gasteiger partial charge is 0.396 e. The van der Waals surface area contributed by atoms with Crippen molar-refractivity contribution in [3.8, 4) is 0 Å². The third kappa shape index (κ3) is 2.62. The highest BCUT2D eigenvalue weighted by Gasteiger charge is 2.42. The largest absolute Gasteiger partial charge is 0.462 e. The van der Waals surface area contributed by atoms with E-state index in [2.05, 4.69) is 10.1 Å². The molecule has 0 saturated heterocycles. The summed E-state index contributed by atoms with van der Waals surface area (Å²) in [5.41, 5.74) is 0. The minimum atomic E-state index is -0.822. The Bertz CT molecular complexity index is 225. The van der Waals surface area contributed by atoms with Crippen LogP contribution in [0.1, 0.15) is 12.8 Å². The first kappa shape index (κ1) is 10.4. The molecule has 74 valence electrons. The molecule has 0 aromatic heterocycles. The summed E-state index contributed by atoms with van der Waals surface area (Å²) in [6.07, 6.45) is 4.22. The number of methoxy groups -OCH3 is 1. The lowest BCUT2D eigenvalue weighted by atomic mass is 10.4. The molecule has 1 saturated carbocycles. The third-order valence-corrected chi connectivity index (χ3v) is 3.60. The Hall–Kier alpha value is -0.710. The Balaban J connectivity index is 2.26. The standard InChI is InChI=1S/C8H13NO3S/c1-12-7(11)6(10)9-5-8(13-2)3-4-8/h3-5H2,1-2H3,(H,9,10). The van der Waals surface area contributed by atoms with Crippen molar-refractivity contribution in [1.82, 2.24) is 5.32 Å². The van der Waals surface area contributed by atoms with E-state index in [1.165, 1.54) is 7.11 Å². The molecule has 0 spiro atoms. The number of carbonyl (C=O) groups excluding carboxylic acids is 2. The molecule has 1 rings (SSSR count). The Kier molecular flexibility index (Phi) is 3.19. The van der Waals surface area contributed by atoms with Gasteiger partial charge in [-0.3, -0.25) is 4.79 Å². The third-order valence-electron chi connectivity index (χ3n) is 2.18. The van der Waals surface area contributed by atoms with Crippen molar-refractivity contribution in [3.05, 3.63) is 0 Å². The second-order valence-electron chi connectivity index (χ2n) is 3.06. The van der Waals surface area contributed by atoms with Gasteiger partial charge in [0.1, 0.15) is 0 Å². The van der Waals surface area contributed by atoms with E-state index in [4.69, 9.17) is 0 Å². The summed E-state index contributed by atoms with van der Waals surface area (Å²) >= 11 is 1.73. The molecule has 0 atom stereocenters. The van der Waals surface area contributed by atoms with Gasteiger partial charge in [0.2, 0.25) is 0 Å². The average molecular weight is 203 g/mol. The number of nitrogens with one attached hydrogen (secondary N) is 1. The van der Waals surface area contributed by atoms with Crippen LogP contribution in [0, 0.1) is 0 Å². The van der Waals surface area contributed by atoms with Gasteiger partial charge in [-0.15, -0.1) is 0 Å². The van der Waals surface area contributed by atoms with Gasteiger partial charge < -0.3 is 10.1 Å². The topological polar surface area (TPSA) is 55.4 Å². The lowest BCUT2D eigenvalue weighted by molar-refractivity contribution is -0.152. The van der Waals surface area contributed by atoms with E-state index in [1.807, 2.05) is 6.26 Å². The van der Waals surface area contributed by atoms with E-state index < -0.39 is 11.9 Å². The molecular weight excluding hydrogens is 190 g/mol. The molecule has 1 aliphatic rings. The van der Waals surface area contributed by atoms with Crippen molar-refractivity contribution in [2.45, 2.75) is 17.6 Å². The maximum absolute atomic E-state index is 11.0. The highest BCUT2D eigenvalue weighted by atomic mass is 32.2. The van der Waals surface area contributed by atoms with Gasteiger partial charge in [-0.05, 0) is 19.1 Å². The molecule has 1 amide bonds. The van der Waals surface area contributed by atoms with Crippen LogP contribution in [0.4, 0.5) is 0 Å². The quantitative estimate of drug-likeness (QED) is 0.525. The first-order valence-electron chi connectivity index (χ1n) is 4.05. The predicted octanol–water partition coefficient (Wildman–Crippen LogP) is 0.171. The summed E-state index contributed by atoms with van der Waals surface area (Å²) in [6.45, 7) is 0.558. The molecule has 5 heteroatoms. The molecule has 1 fully saturated rings. The molecule has 0 aromatic rings. The van der Waals surface area contributed by atoms with Crippen LogP contribution in [-0.4, -0.2) is 36.5 Å². The van der Waals surface area contributed by atoms with Crippen molar-refractivity contribution in [2.24, 2.45) is 0 Å². The van der Waals surface area contributed by atoms with Gasteiger partial charge in [-0.2, -0.15) is 11.8 Å². The van der Waals surface area contributed by atoms with E-state index in [-0.39, 0.29) is 4.75 Å². The van der Waals surface area contributed by atoms with E-state index in [9.17, 15) is 9.59 Å². The maximum atomic E-state index is 11.0. The summed E-state index contributed by atoms with van der Waals surface area (Å²) in [6, 6.07) is 0. The number of thioether (sulfide) groups is 1. The van der Waals surface area contributed by atoms with Gasteiger partial charge in [0.25, 0.3) is 0 Å². The highest BCUT2D eigenvalue weighted by Crippen LogP contribution is 2.46. The van der Waals surface area contributed by atoms with Crippen molar-refractivity contribution < 1.29 is 14.3 Å². The molecule has 4 nitrogen and oxygen atoms in total. The zero-order valence-electron chi connectivity index (χ0n) is 7.75. The SMILES string of the molecule is COC(=O)C(=O)NCC1(SC)CC1. The van der Waals surface area contributed by atoms with E-state index in [0.717, 1.165) is 12.8 Å². The second-order valence-corrected chi connectivity index (χ2v) is 4.34. The van der Waals surface area contributed by atoms with Crippen LogP contribution in [0.5, 0.6) is 0 Å². The molecule has 0 unspecified atom stereocenters. The number of hydrogen-bond donors (Lipinski definition) is 1. The second kappa shape index (κ2) is 4.00. The zero-order chi connectivity index (χ0) is 9.90. The van der Waals surface area contributed by atoms with Crippen molar-refractivity contribution >= 4 is 23.6 Å². The van der Waals surface area contributed by atoms with Gasteiger partial charge in [0.05, 0.1) is 7.11 Å². The van der Waals surface area contributed by atoms with Crippen LogP contribution in [0.2, 0.25) is 0 Å². The summed E-state index contributed by atoms with van der Waals surface area (Å²) in [4.78, 5) is 21.7. The number of amides is 1. The normalized spacial score (nSPS) is 17.7. The first-order valence-corrected chi connectivity index (χ1v) is 5.27. The fraction of sp³-hybridized carbons (Fsp3) is 0.750. The molecule has 0 radical (unpaired) electrons. The van der Waals surface area contributed by atoms with Gasteiger partial charge in [0, 0.05) is 11.3 Å². The number of hydrogen-bond acceptors (Lipinski definition) is 4. The number of ether oxygens (including phenoxy) is 1. The Morgan fingerprint density at radius 3 is 2.54 bits per heavy atom. The summed E-state index contributed by atoms with van der Waals surface area (Å²) < 4.78 is 4.46. The minimum Gasteiger partial charge on any atom is -0.462 e. The van der Waals surface area contributed by atoms with Gasteiger partial charge in [-0.25, -0.2) is 4.79 Å². The molecule has 0 aliphatic heterocycles. The molecule has 1 aliphatic carbocycles. The summed E-state index contributed by atoms with van der Waals surface area (Å²) in [5.74, 6) is -1.47. The van der Waals surface area contributed by atoms with Gasteiger partial charge in [0.15, 0.2) is 0 Å². The summed E-state index contributed by atoms with van der Waals surface area (Å²) in [7, 11) is 1.20. The lowest BCUT2D eigenvalue weighted by Crippen LogP contribution is -2.37. The van der Waals surface area contributed by atoms with E-state index >= 15 is 0 Å². The predicted molar refractivity (Wildman–Crippen MR) is 50.5 cm³/mol. The summed E-state index contributed by atoms with van der Waals surface area (Å²) in [5, 5.41) is 2.55. The number of rotatable bonds is 3. The van der Waals surface area contributed by atoms with E-state index in [1.54, 1.807) is 11.8 Å².